The van der Waals surface area contributed by atoms with Crippen LogP contribution in [0, 0.1) is 17.3 Å². The molecule has 0 saturated carbocycles. The van der Waals surface area contributed by atoms with E-state index in [1.54, 1.807) is 0 Å². The molecule has 0 aliphatic carbocycles. The van der Waals surface area contributed by atoms with E-state index in [0.29, 0.717) is 6.42 Å². The maximum absolute atomic E-state index is 6.08. The van der Waals surface area contributed by atoms with Crippen LogP contribution in [0.5, 0.6) is 0 Å². The Balaban J connectivity index is 2.53. The molecule has 0 spiro atoms. The van der Waals surface area contributed by atoms with Crippen LogP contribution in [0.3, 0.4) is 0 Å². The summed E-state index contributed by atoms with van der Waals surface area (Å²) in [4.78, 5) is 0. The summed E-state index contributed by atoms with van der Waals surface area (Å²) in [5.41, 5.74) is 7.19. The highest BCUT2D eigenvalue weighted by Gasteiger charge is 2.07. The molecule has 1 nitrogen and oxygen atoms in total. The Hall–Kier alpha value is -0.970. The fourth-order valence-corrected chi connectivity index (χ4v) is 1.68. The van der Waals surface area contributed by atoms with Crippen LogP contribution in [-0.4, -0.2) is 6.04 Å². The van der Waals surface area contributed by atoms with E-state index in [1.807, 2.05) is 24.3 Å². The van der Waals surface area contributed by atoms with Crippen molar-refractivity contribution in [3.63, 3.8) is 0 Å². The number of hydrogen-bond donors (Lipinski definition) is 1. The highest BCUT2D eigenvalue weighted by molar-refractivity contribution is 6.31. The molecule has 0 saturated heterocycles. The minimum Gasteiger partial charge on any atom is -0.327 e. The molecule has 1 atom stereocenters. The minimum absolute atomic E-state index is 0.0457. The van der Waals surface area contributed by atoms with E-state index in [1.165, 1.54) is 0 Å². The van der Waals surface area contributed by atoms with E-state index in [2.05, 4.69) is 32.6 Å². The molecule has 17 heavy (non-hydrogen) atoms. The van der Waals surface area contributed by atoms with Crippen molar-refractivity contribution in [2.24, 2.45) is 11.1 Å². The van der Waals surface area contributed by atoms with Gasteiger partial charge in [0.2, 0.25) is 0 Å². The predicted molar refractivity (Wildman–Crippen MR) is 75.0 cm³/mol. The van der Waals surface area contributed by atoms with Gasteiger partial charge in [0.15, 0.2) is 0 Å². The van der Waals surface area contributed by atoms with Crippen molar-refractivity contribution in [1.82, 2.24) is 0 Å². The van der Waals surface area contributed by atoms with Crippen LogP contribution in [0.2, 0.25) is 5.02 Å². The zero-order valence-corrected chi connectivity index (χ0v) is 11.5. The van der Waals surface area contributed by atoms with Crippen molar-refractivity contribution in [3.05, 3.63) is 34.9 Å². The van der Waals surface area contributed by atoms with Crippen LogP contribution in [0.25, 0.3) is 0 Å². The van der Waals surface area contributed by atoms with Gasteiger partial charge in [-0.15, -0.1) is 5.92 Å². The van der Waals surface area contributed by atoms with Crippen molar-refractivity contribution in [2.75, 3.05) is 0 Å². The lowest BCUT2D eigenvalue weighted by Crippen LogP contribution is -2.22. The second kappa shape index (κ2) is 6.10. The van der Waals surface area contributed by atoms with Crippen LogP contribution in [0.4, 0.5) is 0 Å². The molecule has 0 aliphatic heterocycles. The summed E-state index contributed by atoms with van der Waals surface area (Å²) in [5, 5.41) is 0.784. The monoisotopic (exact) mass is 249 g/mol. The van der Waals surface area contributed by atoms with Gasteiger partial charge in [0.25, 0.3) is 0 Å². The molecule has 1 aromatic rings. The largest absolute Gasteiger partial charge is 0.327 e. The summed E-state index contributed by atoms with van der Waals surface area (Å²) in [6.07, 6.45) is 1.49. The number of rotatable bonds is 3. The van der Waals surface area contributed by atoms with E-state index in [-0.39, 0.29) is 11.5 Å². The van der Waals surface area contributed by atoms with Gasteiger partial charge < -0.3 is 5.73 Å². The molecule has 0 aromatic heterocycles. The fourth-order valence-electron chi connectivity index (χ4n) is 1.47. The van der Waals surface area contributed by atoms with Crippen molar-refractivity contribution in [1.29, 1.82) is 0 Å². The molecule has 0 radical (unpaired) electrons. The summed E-state index contributed by atoms with van der Waals surface area (Å²) in [6, 6.07) is 7.86. The Morgan fingerprint density at radius 1 is 1.29 bits per heavy atom. The van der Waals surface area contributed by atoms with Gasteiger partial charge in [-0.1, -0.05) is 35.7 Å². The van der Waals surface area contributed by atoms with Gasteiger partial charge in [-0.05, 0) is 38.8 Å². The van der Waals surface area contributed by atoms with E-state index in [4.69, 9.17) is 17.3 Å². The molecule has 0 heterocycles. The summed E-state index contributed by atoms with van der Waals surface area (Å²) in [7, 11) is 0. The smallest absolute Gasteiger partial charge is 0.0438 e. The zero-order chi connectivity index (χ0) is 12.9. The van der Waals surface area contributed by atoms with Crippen LogP contribution < -0.4 is 5.73 Å². The highest BCUT2D eigenvalue weighted by Crippen LogP contribution is 2.17. The Bertz CT molecular complexity index is 421. The topological polar surface area (TPSA) is 26.0 Å². The minimum atomic E-state index is 0.0457. The fraction of sp³-hybridized carbons (Fsp3) is 0.467. The molecular formula is C15H20ClN. The third-order valence-electron chi connectivity index (χ3n) is 2.27. The summed E-state index contributed by atoms with van der Waals surface area (Å²) >= 11 is 6.08. The van der Waals surface area contributed by atoms with Gasteiger partial charge in [-0.3, -0.25) is 0 Å². The van der Waals surface area contributed by atoms with E-state index < -0.39 is 0 Å². The first-order chi connectivity index (χ1) is 7.88. The molecular weight excluding hydrogens is 230 g/mol. The second-order valence-corrected chi connectivity index (χ2v) is 5.72. The van der Waals surface area contributed by atoms with Gasteiger partial charge in [0.05, 0.1) is 0 Å². The molecule has 1 aromatic carbocycles. The standard InChI is InChI=1S/C15H20ClN/c1-15(2,3)10-6-8-13(17)11-12-7-4-5-9-14(12)16/h4-5,7,9,13H,8,11,17H2,1-3H3. The van der Waals surface area contributed by atoms with Gasteiger partial charge >= 0.3 is 0 Å². The van der Waals surface area contributed by atoms with Gasteiger partial charge in [-0.25, -0.2) is 0 Å². The first kappa shape index (κ1) is 14.1. The van der Waals surface area contributed by atoms with Crippen LogP contribution in [-0.2, 0) is 6.42 Å². The lowest BCUT2D eigenvalue weighted by Gasteiger charge is -2.10. The maximum Gasteiger partial charge on any atom is 0.0438 e. The molecule has 0 amide bonds. The quantitative estimate of drug-likeness (QED) is 0.813. The molecule has 0 fully saturated rings. The Kier molecular flexibility index (Phi) is 5.05. The summed E-state index contributed by atoms with van der Waals surface area (Å²) in [5.74, 6) is 6.34. The summed E-state index contributed by atoms with van der Waals surface area (Å²) in [6.45, 7) is 6.29. The predicted octanol–water partition coefficient (Wildman–Crippen LogP) is 3.65. The van der Waals surface area contributed by atoms with Crippen molar-refractivity contribution in [2.45, 2.75) is 39.7 Å². The van der Waals surface area contributed by atoms with Gasteiger partial charge in [-0.2, -0.15) is 0 Å². The first-order valence-electron chi connectivity index (χ1n) is 5.87. The van der Waals surface area contributed by atoms with Crippen molar-refractivity contribution >= 4 is 11.6 Å². The first-order valence-corrected chi connectivity index (χ1v) is 6.25. The highest BCUT2D eigenvalue weighted by atomic mass is 35.5. The third kappa shape index (κ3) is 5.77. The number of nitrogens with two attached hydrogens (primary N) is 1. The third-order valence-corrected chi connectivity index (χ3v) is 2.64. The van der Waals surface area contributed by atoms with Crippen molar-refractivity contribution < 1.29 is 0 Å². The number of benzene rings is 1. The van der Waals surface area contributed by atoms with Crippen molar-refractivity contribution in [3.8, 4) is 11.8 Å². The van der Waals surface area contributed by atoms with Crippen LogP contribution in [0.15, 0.2) is 24.3 Å². The Labute approximate surface area is 109 Å². The lowest BCUT2D eigenvalue weighted by atomic mass is 9.97. The Morgan fingerprint density at radius 2 is 1.94 bits per heavy atom. The molecule has 2 N–H and O–H groups in total. The lowest BCUT2D eigenvalue weighted by molar-refractivity contribution is 0.569. The summed E-state index contributed by atoms with van der Waals surface area (Å²) < 4.78 is 0. The van der Waals surface area contributed by atoms with E-state index in [0.717, 1.165) is 17.0 Å². The normalized spacial score (nSPS) is 12.8. The van der Waals surface area contributed by atoms with Gasteiger partial charge in [0, 0.05) is 22.9 Å². The molecule has 0 aliphatic rings. The average Bonchev–Trinajstić information content (AvgIpc) is 2.19. The average molecular weight is 250 g/mol. The Morgan fingerprint density at radius 3 is 2.53 bits per heavy atom. The maximum atomic E-state index is 6.08. The molecule has 1 unspecified atom stereocenters. The van der Waals surface area contributed by atoms with Crippen LogP contribution in [0.1, 0.15) is 32.8 Å². The van der Waals surface area contributed by atoms with E-state index in [9.17, 15) is 0 Å². The molecule has 0 bridgehead atoms. The second-order valence-electron chi connectivity index (χ2n) is 5.31. The number of halogens is 1. The van der Waals surface area contributed by atoms with Gasteiger partial charge in [0.1, 0.15) is 0 Å². The molecule has 2 heteroatoms. The zero-order valence-electron chi connectivity index (χ0n) is 10.8. The number of hydrogen-bond acceptors (Lipinski definition) is 1. The SMILES string of the molecule is CC(C)(C)C#CCC(N)Cc1ccccc1Cl. The van der Waals surface area contributed by atoms with E-state index >= 15 is 0 Å². The molecule has 1 rings (SSSR count). The van der Waals surface area contributed by atoms with Crippen LogP contribution >= 0.6 is 11.6 Å². The molecule has 92 valence electrons.